The highest BCUT2D eigenvalue weighted by molar-refractivity contribution is 7.98. The van der Waals surface area contributed by atoms with Gasteiger partial charge < -0.3 is 8.94 Å². The summed E-state index contributed by atoms with van der Waals surface area (Å²) in [7, 11) is 0. The number of nitrogens with zero attached hydrogens (tertiary/aromatic N) is 3. The Hall–Kier alpha value is -2.86. The third kappa shape index (κ3) is 3.23. The molecule has 118 valence electrons. The van der Waals surface area contributed by atoms with Crippen molar-refractivity contribution in [3.63, 3.8) is 0 Å². The Morgan fingerprint density at radius 1 is 0.833 bits per heavy atom. The van der Waals surface area contributed by atoms with Gasteiger partial charge in [0.1, 0.15) is 11.5 Å². The zero-order valence-electron chi connectivity index (χ0n) is 12.6. The molecule has 0 atom stereocenters. The minimum Gasteiger partial charge on any atom is -0.411 e. The zero-order chi connectivity index (χ0) is 16.2. The van der Waals surface area contributed by atoms with Crippen molar-refractivity contribution in [3.05, 3.63) is 72.5 Å². The molecule has 0 aliphatic rings. The molecule has 0 aliphatic heterocycles. The molecule has 4 aromatic rings. The second-order valence-corrected chi connectivity index (χ2v) is 6.00. The molecular weight excluding hydrogens is 322 g/mol. The maximum absolute atomic E-state index is 5.66. The molecule has 2 heterocycles. The van der Waals surface area contributed by atoms with Crippen LogP contribution in [0.1, 0.15) is 5.76 Å². The summed E-state index contributed by atoms with van der Waals surface area (Å²) in [5, 5.41) is 12.7. The zero-order valence-corrected chi connectivity index (χ0v) is 13.4. The van der Waals surface area contributed by atoms with E-state index in [1.807, 2.05) is 66.7 Å². The van der Waals surface area contributed by atoms with E-state index in [1.165, 1.54) is 11.8 Å². The predicted molar refractivity (Wildman–Crippen MR) is 91.2 cm³/mol. The molecule has 0 saturated heterocycles. The summed E-state index contributed by atoms with van der Waals surface area (Å²) in [4.78, 5) is 0. The summed E-state index contributed by atoms with van der Waals surface area (Å²) in [5.74, 6) is 1.86. The molecule has 2 aromatic carbocycles. The van der Waals surface area contributed by atoms with Crippen molar-refractivity contribution in [3.8, 4) is 22.7 Å². The third-order valence-corrected chi connectivity index (χ3v) is 4.23. The molecule has 0 aliphatic carbocycles. The molecule has 0 N–H and O–H groups in total. The number of aromatic nitrogens is 3. The molecule has 6 heteroatoms. The summed E-state index contributed by atoms with van der Waals surface area (Å²) in [5.41, 5.74) is 2.76. The molecule has 0 unspecified atom stereocenters. The van der Waals surface area contributed by atoms with E-state index in [2.05, 4.69) is 15.4 Å². The van der Waals surface area contributed by atoms with E-state index < -0.39 is 0 Å². The Labute approximate surface area is 142 Å². The fourth-order valence-electron chi connectivity index (χ4n) is 2.22. The fraction of sp³-hybridized carbons (Fsp3) is 0.0556. The van der Waals surface area contributed by atoms with Gasteiger partial charge in [-0.1, -0.05) is 65.4 Å². The largest absolute Gasteiger partial charge is 0.411 e. The van der Waals surface area contributed by atoms with Crippen molar-refractivity contribution < 1.29 is 8.94 Å². The van der Waals surface area contributed by atoms with Crippen molar-refractivity contribution in [1.29, 1.82) is 0 Å². The van der Waals surface area contributed by atoms with Crippen LogP contribution in [0.5, 0.6) is 0 Å². The van der Waals surface area contributed by atoms with Crippen LogP contribution < -0.4 is 0 Å². The predicted octanol–water partition coefficient (Wildman–Crippen LogP) is 4.68. The first kappa shape index (κ1) is 14.7. The lowest BCUT2D eigenvalue weighted by Crippen LogP contribution is -1.77. The Morgan fingerprint density at radius 3 is 2.29 bits per heavy atom. The number of hydrogen-bond acceptors (Lipinski definition) is 6. The molecule has 0 saturated carbocycles. The lowest BCUT2D eigenvalue weighted by molar-refractivity contribution is 0.396. The van der Waals surface area contributed by atoms with Crippen molar-refractivity contribution in [2.24, 2.45) is 0 Å². The van der Waals surface area contributed by atoms with Crippen LogP contribution in [0.4, 0.5) is 0 Å². The fourth-order valence-corrected chi connectivity index (χ4v) is 2.86. The molecule has 0 radical (unpaired) electrons. The van der Waals surface area contributed by atoms with Gasteiger partial charge in [-0.05, 0) is 12.1 Å². The summed E-state index contributed by atoms with van der Waals surface area (Å²) < 4.78 is 11.0. The standard InChI is InChI=1S/C18H13N3O2S/c1-3-7-13(8-4-1)16-11-15(23-21-16)12-24-18-20-19-17(22-18)14-9-5-2-6-10-14/h1-11H,12H2. The Balaban J connectivity index is 1.43. The van der Waals surface area contributed by atoms with Gasteiger partial charge in [0, 0.05) is 17.2 Å². The molecule has 4 rings (SSSR count). The van der Waals surface area contributed by atoms with Crippen molar-refractivity contribution >= 4 is 11.8 Å². The molecule has 5 nitrogen and oxygen atoms in total. The summed E-state index contributed by atoms with van der Waals surface area (Å²) in [6.45, 7) is 0. The number of hydrogen-bond donors (Lipinski definition) is 0. The lowest BCUT2D eigenvalue weighted by Gasteiger charge is -1.93. The summed E-state index contributed by atoms with van der Waals surface area (Å²) >= 11 is 1.42. The van der Waals surface area contributed by atoms with E-state index in [0.717, 1.165) is 22.6 Å². The highest BCUT2D eigenvalue weighted by Gasteiger charge is 2.11. The number of rotatable bonds is 5. The SMILES string of the molecule is c1ccc(-c2cc(CSc3nnc(-c4ccccc4)o3)on2)cc1. The first-order valence-electron chi connectivity index (χ1n) is 7.41. The number of thioether (sulfide) groups is 1. The van der Waals surface area contributed by atoms with Crippen LogP contribution >= 0.6 is 11.8 Å². The van der Waals surface area contributed by atoms with Crippen LogP contribution in [0.15, 0.2) is 80.9 Å². The van der Waals surface area contributed by atoms with Gasteiger partial charge >= 0.3 is 0 Å². The monoisotopic (exact) mass is 335 g/mol. The van der Waals surface area contributed by atoms with E-state index in [1.54, 1.807) is 0 Å². The van der Waals surface area contributed by atoms with Crippen LogP contribution in [0.25, 0.3) is 22.7 Å². The van der Waals surface area contributed by atoms with Crippen LogP contribution in [-0.2, 0) is 5.75 Å². The first-order valence-corrected chi connectivity index (χ1v) is 8.40. The topological polar surface area (TPSA) is 65.0 Å². The Bertz CT molecular complexity index is 842. The third-order valence-electron chi connectivity index (χ3n) is 3.39. The Kier molecular flexibility index (Phi) is 4.12. The quantitative estimate of drug-likeness (QED) is 0.493. The Morgan fingerprint density at radius 2 is 1.54 bits per heavy atom. The normalized spacial score (nSPS) is 10.8. The second kappa shape index (κ2) is 6.72. The van der Waals surface area contributed by atoms with Crippen LogP contribution in [-0.4, -0.2) is 15.4 Å². The van der Waals surface area contributed by atoms with Crippen LogP contribution in [0, 0.1) is 0 Å². The summed E-state index contributed by atoms with van der Waals surface area (Å²) in [6, 6.07) is 21.5. The number of benzene rings is 2. The molecule has 2 aromatic heterocycles. The molecule has 0 amide bonds. The van der Waals surface area contributed by atoms with Gasteiger partial charge in [0.2, 0.25) is 5.89 Å². The van der Waals surface area contributed by atoms with E-state index in [9.17, 15) is 0 Å². The maximum atomic E-state index is 5.66. The molecule has 0 spiro atoms. The van der Waals surface area contributed by atoms with Crippen molar-refractivity contribution in [1.82, 2.24) is 15.4 Å². The first-order chi connectivity index (χ1) is 11.9. The highest BCUT2D eigenvalue weighted by atomic mass is 32.2. The maximum Gasteiger partial charge on any atom is 0.277 e. The molecule has 0 bridgehead atoms. The van der Waals surface area contributed by atoms with Crippen LogP contribution in [0.3, 0.4) is 0 Å². The minimum atomic E-state index is 0.506. The lowest BCUT2D eigenvalue weighted by atomic mass is 10.1. The van der Waals surface area contributed by atoms with Gasteiger partial charge in [0.25, 0.3) is 5.22 Å². The van der Waals surface area contributed by atoms with E-state index in [-0.39, 0.29) is 0 Å². The van der Waals surface area contributed by atoms with E-state index >= 15 is 0 Å². The van der Waals surface area contributed by atoms with Crippen LogP contribution in [0.2, 0.25) is 0 Å². The van der Waals surface area contributed by atoms with Gasteiger partial charge in [-0.2, -0.15) is 0 Å². The van der Waals surface area contributed by atoms with E-state index in [4.69, 9.17) is 8.94 Å². The van der Waals surface area contributed by atoms with E-state index in [0.29, 0.717) is 16.9 Å². The van der Waals surface area contributed by atoms with Gasteiger partial charge in [-0.15, -0.1) is 10.2 Å². The highest BCUT2D eigenvalue weighted by Crippen LogP contribution is 2.27. The average molecular weight is 335 g/mol. The average Bonchev–Trinajstić information content (AvgIpc) is 3.31. The summed E-state index contributed by atoms with van der Waals surface area (Å²) in [6.07, 6.45) is 0. The molecule has 0 fully saturated rings. The van der Waals surface area contributed by atoms with Gasteiger partial charge in [-0.25, -0.2) is 0 Å². The smallest absolute Gasteiger partial charge is 0.277 e. The van der Waals surface area contributed by atoms with Gasteiger partial charge in [0.05, 0.1) is 5.75 Å². The molecular formula is C18H13N3O2S. The molecule has 24 heavy (non-hydrogen) atoms. The van der Waals surface area contributed by atoms with Crippen molar-refractivity contribution in [2.75, 3.05) is 0 Å². The van der Waals surface area contributed by atoms with Gasteiger partial charge in [-0.3, -0.25) is 0 Å². The minimum absolute atomic E-state index is 0.506. The van der Waals surface area contributed by atoms with Gasteiger partial charge in [0.15, 0.2) is 0 Å². The second-order valence-electron chi connectivity index (χ2n) is 5.07. The van der Waals surface area contributed by atoms with Crippen molar-refractivity contribution in [2.45, 2.75) is 11.0 Å².